The van der Waals surface area contributed by atoms with E-state index in [0.717, 1.165) is 12.8 Å². The van der Waals surface area contributed by atoms with Gasteiger partial charge in [0.2, 0.25) is 5.92 Å². The second kappa shape index (κ2) is 6.58. The van der Waals surface area contributed by atoms with Crippen molar-refractivity contribution in [1.82, 2.24) is 0 Å². The molecule has 0 bridgehead atoms. The highest BCUT2D eigenvalue weighted by atomic mass is 19.3. The molecule has 1 aromatic carbocycles. The number of hydrogen-bond donors (Lipinski definition) is 1. The summed E-state index contributed by atoms with van der Waals surface area (Å²) in [7, 11) is 0. The first kappa shape index (κ1) is 17.6. The van der Waals surface area contributed by atoms with Crippen LogP contribution in [0.25, 0.3) is 0 Å². The Morgan fingerprint density at radius 2 is 1.84 bits per heavy atom. The Kier molecular flexibility index (Phi) is 4.63. The van der Waals surface area contributed by atoms with E-state index in [9.17, 15) is 24.2 Å². The number of anilines is 1. The zero-order valence-corrected chi connectivity index (χ0v) is 13.9. The smallest absolute Gasteiger partial charge is 0.292 e. The van der Waals surface area contributed by atoms with Gasteiger partial charge in [-0.3, -0.25) is 10.1 Å². The van der Waals surface area contributed by atoms with Crippen molar-refractivity contribution in [3.63, 3.8) is 0 Å². The van der Waals surface area contributed by atoms with Crippen LogP contribution in [0.15, 0.2) is 18.2 Å². The molecule has 25 heavy (non-hydrogen) atoms. The monoisotopic (exact) mass is 349 g/mol. The van der Waals surface area contributed by atoms with Gasteiger partial charge in [0.1, 0.15) is 5.69 Å². The van der Waals surface area contributed by atoms with Crippen molar-refractivity contribution in [2.75, 3.05) is 5.32 Å². The zero-order valence-electron chi connectivity index (χ0n) is 13.9. The summed E-state index contributed by atoms with van der Waals surface area (Å²) < 4.78 is 26.5. The third-order valence-electron chi connectivity index (χ3n) is 5.49. The van der Waals surface area contributed by atoms with Gasteiger partial charge in [-0.15, -0.1) is 0 Å². The molecule has 2 aliphatic rings. The molecule has 0 aromatic heterocycles. The average molecular weight is 349 g/mol. The second-order valence-corrected chi connectivity index (χ2v) is 7.16. The average Bonchev–Trinajstić information content (AvgIpc) is 3.07. The molecule has 0 atom stereocenters. The van der Waals surface area contributed by atoms with Gasteiger partial charge in [0.15, 0.2) is 0 Å². The van der Waals surface area contributed by atoms with E-state index in [0.29, 0.717) is 24.1 Å². The van der Waals surface area contributed by atoms with Crippen LogP contribution >= 0.6 is 0 Å². The van der Waals surface area contributed by atoms with Crippen molar-refractivity contribution in [3.8, 4) is 6.07 Å². The maximum Gasteiger partial charge on any atom is 0.292 e. The van der Waals surface area contributed by atoms with E-state index >= 15 is 0 Å². The number of alkyl halides is 2. The van der Waals surface area contributed by atoms with Crippen LogP contribution in [-0.2, 0) is 5.41 Å². The van der Waals surface area contributed by atoms with Gasteiger partial charge in [0.25, 0.3) is 5.69 Å². The first-order chi connectivity index (χ1) is 11.9. The van der Waals surface area contributed by atoms with Gasteiger partial charge in [-0.1, -0.05) is 18.9 Å². The van der Waals surface area contributed by atoms with Crippen molar-refractivity contribution in [2.24, 2.45) is 0 Å². The Hall–Kier alpha value is -2.23. The highest BCUT2D eigenvalue weighted by Gasteiger charge is 2.38. The molecule has 1 N–H and O–H groups in total. The molecule has 0 spiro atoms. The van der Waals surface area contributed by atoms with Gasteiger partial charge in [-0.25, -0.2) is 8.78 Å². The number of nitro groups is 1. The third-order valence-corrected chi connectivity index (χ3v) is 5.49. The number of nitrogens with zero attached hydrogens (tertiary/aromatic N) is 2. The number of rotatable bonds is 4. The largest absolute Gasteiger partial charge is 0.377 e. The quantitative estimate of drug-likeness (QED) is 0.618. The molecule has 0 unspecified atom stereocenters. The Morgan fingerprint density at radius 3 is 2.40 bits per heavy atom. The minimum Gasteiger partial charge on any atom is -0.377 e. The molecule has 1 aromatic rings. The molecule has 0 amide bonds. The fourth-order valence-corrected chi connectivity index (χ4v) is 3.95. The minimum atomic E-state index is -2.63. The van der Waals surface area contributed by atoms with Gasteiger partial charge in [0.05, 0.1) is 16.4 Å². The first-order valence-electron chi connectivity index (χ1n) is 8.70. The molecular weight excluding hydrogens is 328 g/mol. The van der Waals surface area contributed by atoms with Crippen molar-refractivity contribution in [1.29, 1.82) is 5.26 Å². The lowest BCUT2D eigenvalue weighted by Gasteiger charge is -2.29. The molecule has 5 nitrogen and oxygen atoms in total. The summed E-state index contributed by atoms with van der Waals surface area (Å²) in [6.45, 7) is 0. The summed E-state index contributed by atoms with van der Waals surface area (Å²) in [5.74, 6) is -2.63. The molecule has 2 fully saturated rings. The fraction of sp³-hybridized carbons (Fsp3) is 0.611. The van der Waals surface area contributed by atoms with Crippen LogP contribution in [0.2, 0.25) is 0 Å². The molecular formula is C18H21F2N3O2. The first-order valence-corrected chi connectivity index (χ1v) is 8.70. The summed E-state index contributed by atoms with van der Waals surface area (Å²) in [5, 5.41) is 24.1. The normalized spacial score (nSPS) is 22.3. The van der Waals surface area contributed by atoms with Crippen LogP contribution in [0, 0.1) is 21.4 Å². The maximum atomic E-state index is 13.3. The van der Waals surface area contributed by atoms with E-state index in [-0.39, 0.29) is 37.4 Å². The van der Waals surface area contributed by atoms with Crippen molar-refractivity contribution in [3.05, 3.63) is 33.9 Å². The minimum absolute atomic E-state index is 0.0867. The van der Waals surface area contributed by atoms with E-state index in [1.807, 2.05) is 0 Å². The van der Waals surface area contributed by atoms with Crippen LogP contribution in [0.5, 0.6) is 0 Å². The van der Waals surface area contributed by atoms with E-state index in [4.69, 9.17) is 0 Å². The lowest BCUT2D eigenvalue weighted by Crippen LogP contribution is -2.32. The molecule has 0 radical (unpaired) electrons. The maximum absolute atomic E-state index is 13.3. The van der Waals surface area contributed by atoms with Crippen LogP contribution in [0.3, 0.4) is 0 Å². The van der Waals surface area contributed by atoms with Gasteiger partial charge in [-0.2, -0.15) is 5.26 Å². The second-order valence-electron chi connectivity index (χ2n) is 7.16. The molecule has 0 saturated heterocycles. The lowest BCUT2D eigenvalue weighted by atomic mass is 9.80. The summed E-state index contributed by atoms with van der Waals surface area (Å²) in [6, 6.07) is 7.02. The van der Waals surface area contributed by atoms with E-state index in [1.54, 1.807) is 12.1 Å². The lowest BCUT2D eigenvalue weighted by molar-refractivity contribution is -0.384. The zero-order chi connectivity index (χ0) is 18.1. The fourth-order valence-electron chi connectivity index (χ4n) is 3.95. The van der Waals surface area contributed by atoms with Crippen LogP contribution in [-0.4, -0.2) is 16.9 Å². The Labute approximate surface area is 145 Å². The highest BCUT2D eigenvalue weighted by molar-refractivity contribution is 5.64. The topological polar surface area (TPSA) is 79.0 Å². The molecule has 0 aliphatic heterocycles. The molecule has 7 heteroatoms. The Bertz CT molecular complexity index is 699. The van der Waals surface area contributed by atoms with E-state index in [1.165, 1.54) is 6.07 Å². The van der Waals surface area contributed by atoms with Crippen LogP contribution < -0.4 is 5.32 Å². The highest BCUT2D eigenvalue weighted by Crippen LogP contribution is 2.43. The van der Waals surface area contributed by atoms with Crippen LogP contribution in [0.1, 0.15) is 56.9 Å². The Morgan fingerprint density at radius 1 is 1.20 bits per heavy atom. The number of nitro benzene ring substituents is 1. The third kappa shape index (κ3) is 3.58. The summed E-state index contributed by atoms with van der Waals surface area (Å²) in [5.41, 5.74) is 0.294. The van der Waals surface area contributed by atoms with Gasteiger partial charge >= 0.3 is 0 Å². The van der Waals surface area contributed by atoms with Gasteiger partial charge < -0.3 is 5.32 Å². The summed E-state index contributed by atoms with van der Waals surface area (Å²) in [4.78, 5) is 11.0. The predicted octanol–water partition coefficient (Wildman–Crippen LogP) is 4.92. The van der Waals surface area contributed by atoms with Crippen molar-refractivity contribution >= 4 is 11.4 Å². The summed E-state index contributed by atoms with van der Waals surface area (Å²) in [6.07, 6.45) is 3.48. The standard InChI is InChI=1S/C18H21F2N3O2/c19-18(20)9-5-14(6-10-18)22-15-4-3-13(11-16(15)23(24)25)17(12-21)7-1-2-8-17/h3-4,11,14,22H,1-2,5-10H2. The van der Waals surface area contributed by atoms with E-state index < -0.39 is 16.3 Å². The molecule has 0 heterocycles. The van der Waals surface area contributed by atoms with Crippen molar-refractivity contribution in [2.45, 2.75) is 68.7 Å². The van der Waals surface area contributed by atoms with Gasteiger partial charge in [0, 0.05) is 24.9 Å². The van der Waals surface area contributed by atoms with Gasteiger partial charge in [-0.05, 0) is 37.3 Å². The molecule has 2 saturated carbocycles. The molecule has 2 aliphatic carbocycles. The van der Waals surface area contributed by atoms with Crippen molar-refractivity contribution < 1.29 is 13.7 Å². The number of nitriles is 1. The SMILES string of the molecule is N#CC1(c2ccc(NC3CCC(F)(F)CC3)c([N+](=O)[O-])c2)CCCC1. The van der Waals surface area contributed by atoms with Crippen LogP contribution in [0.4, 0.5) is 20.2 Å². The predicted molar refractivity (Wildman–Crippen MR) is 89.7 cm³/mol. The number of halogens is 2. The van der Waals surface area contributed by atoms with E-state index in [2.05, 4.69) is 11.4 Å². The molecule has 134 valence electrons. The summed E-state index contributed by atoms with van der Waals surface area (Å²) >= 11 is 0. The number of benzene rings is 1. The number of nitrogens with one attached hydrogen (secondary N) is 1. The number of hydrogen-bond acceptors (Lipinski definition) is 4. The Balaban J connectivity index is 1.83. The molecule has 3 rings (SSSR count).